The van der Waals surface area contributed by atoms with Gasteiger partial charge in [0, 0.05) is 0 Å². The molecule has 18 heavy (non-hydrogen) atoms. The van der Waals surface area contributed by atoms with Crippen LogP contribution in [-0.2, 0) is 4.74 Å². The van der Waals surface area contributed by atoms with Crippen LogP contribution in [0, 0.1) is 21.7 Å². The number of esters is 1. The second-order valence-electron chi connectivity index (χ2n) is 3.67. The fraction of sp³-hybridized carbons (Fsp3) is 0.364. The van der Waals surface area contributed by atoms with Gasteiger partial charge in [-0.1, -0.05) is 6.92 Å². The summed E-state index contributed by atoms with van der Waals surface area (Å²) in [6, 6.07) is 0.989. The van der Waals surface area contributed by atoms with Gasteiger partial charge in [0.2, 0.25) is 5.82 Å². The number of ether oxygens (including phenoxy) is 1. The molecule has 0 saturated heterocycles. The lowest BCUT2D eigenvalue weighted by Gasteiger charge is -2.11. The third-order valence-corrected chi connectivity index (χ3v) is 2.32. The molecule has 1 aromatic carbocycles. The van der Waals surface area contributed by atoms with Gasteiger partial charge >= 0.3 is 11.7 Å². The number of hydrogen-bond donors (Lipinski definition) is 0. The Morgan fingerprint density at radius 3 is 2.61 bits per heavy atom. The topological polar surface area (TPSA) is 69.4 Å². The van der Waals surface area contributed by atoms with Gasteiger partial charge in [0.05, 0.1) is 17.1 Å². The van der Waals surface area contributed by atoms with Crippen molar-refractivity contribution in [2.45, 2.75) is 26.4 Å². The normalized spacial score (nSPS) is 12.0. The zero-order valence-electron chi connectivity index (χ0n) is 9.78. The SMILES string of the molecule is CCC(C)OC(=O)c1cc(F)cc([N+](=O)[O-])c1F. The summed E-state index contributed by atoms with van der Waals surface area (Å²) in [7, 11) is 0. The molecule has 0 spiro atoms. The zero-order chi connectivity index (χ0) is 13.9. The average molecular weight is 259 g/mol. The number of halogens is 2. The minimum atomic E-state index is -1.39. The molecule has 0 aliphatic rings. The second kappa shape index (κ2) is 5.52. The van der Waals surface area contributed by atoms with Gasteiger partial charge in [0.25, 0.3) is 0 Å². The summed E-state index contributed by atoms with van der Waals surface area (Å²) < 4.78 is 31.5. The van der Waals surface area contributed by atoms with E-state index in [1.165, 1.54) is 0 Å². The first-order valence-corrected chi connectivity index (χ1v) is 5.21. The van der Waals surface area contributed by atoms with Crippen LogP contribution in [-0.4, -0.2) is 17.0 Å². The summed E-state index contributed by atoms with van der Waals surface area (Å²) in [5.41, 5.74) is -1.87. The van der Waals surface area contributed by atoms with Crippen LogP contribution in [0.1, 0.15) is 30.6 Å². The van der Waals surface area contributed by atoms with Crippen LogP contribution in [0.15, 0.2) is 12.1 Å². The van der Waals surface area contributed by atoms with Gasteiger partial charge in [0.15, 0.2) is 0 Å². The van der Waals surface area contributed by atoms with E-state index in [1.807, 2.05) is 0 Å². The number of hydrogen-bond acceptors (Lipinski definition) is 4. The van der Waals surface area contributed by atoms with Crippen LogP contribution >= 0.6 is 0 Å². The van der Waals surface area contributed by atoms with E-state index in [-0.39, 0.29) is 0 Å². The van der Waals surface area contributed by atoms with E-state index >= 15 is 0 Å². The number of nitrogens with zero attached hydrogens (tertiary/aromatic N) is 1. The molecule has 1 atom stereocenters. The van der Waals surface area contributed by atoms with Crippen LogP contribution in [0.2, 0.25) is 0 Å². The summed E-state index contributed by atoms with van der Waals surface area (Å²) in [5.74, 6) is -3.58. The molecular weight excluding hydrogens is 248 g/mol. The highest BCUT2D eigenvalue weighted by Crippen LogP contribution is 2.23. The van der Waals surface area contributed by atoms with Crippen molar-refractivity contribution in [2.75, 3.05) is 0 Å². The summed E-state index contributed by atoms with van der Waals surface area (Å²) in [6.07, 6.45) is 0.00401. The highest BCUT2D eigenvalue weighted by Gasteiger charge is 2.25. The van der Waals surface area contributed by atoms with E-state index in [0.717, 1.165) is 0 Å². The third-order valence-electron chi connectivity index (χ3n) is 2.32. The van der Waals surface area contributed by atoms with Gasteiger partial charge in [-0.05, 0) is 19.4 Å². The first kappa shape index (κ1) is 14.0. The van der Waals surface area contributed by atoms with Crippen molar-refractivity contribution in [3.8, 4) is 0 Å². The van der Waals surface area contributed by atoms with Crippen molar-refractivity contribution < 1.29 is 23.2 Å². The summed E-state index contributed by atoms with van der Waals surface area (Å²) in [6.45, 7) is 3.31. The average Bonchev–Trinajstić information content (AvgIpc) is 2.30. The molecule has 0 fully saturated rings. The quantitative estimate of drug-likeness (QED) is 0.473. The Bertz CT molecular complexity index is 490. The Balaban J connectivity index is 3.16. The molecular formula is C11H11F2NO4. The Labute approximate surface area is 102 Å². The largest absolute Gasteiger partial charge is 0.459 e. The lowest BCUT2D eigenvalue weighted by atomic mass is 10.1. The molecule has 0 N–H and O–H groups in total. The van der Waals surface area contributed by atoms with Gasteiger partial charge in [0.1, 0.15) is 11.4 Å². The number of nitro groups is 1. The highest BCUT2D eigenvalue weighted by molar-refractivity contribution is 5.90. The van der Waals surface area contributed by atoms with Crippen molar-refractivity contribution in [1.82, 2.24) is 0 Å². The van der Waals surface area contributed by atoms with Gasteiger partial charge < -0.3 is 4.74 Å². The van der Waals surface area contributed by atoms with E-state index < -0.39 is 39.9 Å². The Kier molecular flexibility index (Phi) is 4.30. The molecule has 1 unspecified atom stereocenters. The number of carbonyl (C=O) groups is 1. The number of benzene rings is 1. The molecule has 5 nitrogen and oxygen atoms in total. The summed E-state index contributed by atoms with van der Waals surface area (Å²) >= 11 is 0. The number of rotatable bonds is 4. The monoisotopic (exact) mass is 259 g/mol. The second-order valence-corrected chi connectivity index (χ2v) is 3.67. The van der Waals surface area contributed by atoms with Gasteiger partial charge in [-0.15, -0.1) is 0 Å². The lowest BCUT2D eigenvalue weighted by Crippen LogP contribution is -2.16. The standard InChI is InChI=1S/C11H11F2NO4/c1-3-6(2)18-11(15)8-4-7(12)5-9(10(8)13)14(16)17/h4-6H,3H2,1-2H3. The maximum Gasteiger partial charge on any atom is 0.341 e. The highest BCUT2D eigenvalue weighted by atomic mass is 19.1. The predicted octanol–water partition coefficient (Wildman–Crippen LogP) is 2.83. The van der Waals surface area contributed by atoms with E-state index in [1.54, 1.807) is 13.8 Å². The molecule has 1 aromatic rings. The summed E-state index contributed by atoms with van der Waals surface area (Å²) in [4.78, 5) is 20.9. The summed E-state index contributed by atoms with van der Waals surface area (Å²) in [5, 5.41) is 10.5. The molecule has 1 rings (SSSR count). The maximum atomic E-state index is 13.6. The van der Waals surface area contributed by atoms with Crippen molar-refractivity contribution >= 4 is 11.7 Å². The molecule has 0 aliphatic heterocycles. The molecule has 0 heterocycles. The van der Waals surface area contributed by atoms with E-state index in [4.69, 9.17) is 4.74 Å². The zero-order valence-corrected chi connectivity index (χ0v) is 9.78. The van der Waals surface area contributed by atoms with E-state index in [9.17, 15) is 23.7 Å². The van der Waals surface area contributed by atoms with Gasteiger partial charge in [-0.3, -0.25) is 10.1 Å². The van der Waals surface area contributed by atoms with Crippen LogP contribution in [0.25, 0.3) is 0 Å². The Morgan fingerprint density at radius 2 is 2.11 bits per heavy atom. The maximum absolute atomic E-state index is 13.6. The third kappa shape index (κ3) is 2.99. The van der Waals surface area contributed by atoms with Crippen LogP contribution in [0.3, 0.4) is 0 Å². The molecule has 0 bridgehead atoms. The molecule has 0 radical (unpaired) electrons. The fourth-order valence-electron chi connectivity index (χ4n) is 1.19. The van der Waals surface area contributed by atoms with Crippen molar-refractivity contribution in [1.29, 1.82) is 0 Å². The van der Waals surface area contributed by atoms with E-state index in [0.29, 0.717) is 18.6 Å². The number of nitro benzene ring substituents is 1. The molecule has 0 saturated carbocycles. The molecule has 0 amide bonds. The minimum absolute atomic E-state index is 0.412. The van der Waals surface area contributed by atoms with Crippen molar-refractivity contribution in [3.63, 3.8) is 0 Å². The van der Waals surface area contributed by atoms with Crippen LogP contribution in [0.4, 0.5) is 14.5 Å². The van der Waals surface area contributed by atoms with Crippen molar-refractivity contribution in [2.24, 2.45) is 0 Å². The molecule has 0 aromatic heterocycles. The number of carbonyl (C=O) groups excluding carboxylic acids is 1. The first-order valence-electron chi connectivity index (χ1n) is 5.21. The molecule has 0 aliphatic carbocycles. The van der Waals surface area contributed by atoms with Crippen LogP contribution < -0.4 is 0 Å². The predicted molar refractivity (Wildman–Crippen MR) is 58.2 cm³/mol. The van der Waals surface area contributed by atoms with Crippen LogP contribution in [0.5, 0.6) is 0 Å². The lowest BCUT2D eigenvalue weighted by molar-refractivity contribution is -0.387. The van der Waals surface area contributed by atoms with Crippen molar-refractivity contribution in [3.05, 3.63) is 39.4 Å². The van der Waals surface area contributed by atoms with E-state index in [2.05, 4.69) is 0 Å². The Hall–Kier alpha value is -2.05. The molecule has 7 heteroatoms. The van der Waals surface area contributed by atoms with Gasteiger partial charge in [-0.25, -0.2) is 9.18 Å². The van der Waals surface area contributed by atoms with Gasteiger partial charge in [-0.2, -0.15) is 4.39 Å². The molecule has 98 valence electrons. The Morgan fingerprint density at radius 1 is 1.50 bits per heavy atom. The first-order chi connectivity index (χ1) is 8.36. The smallest absolute Gasteiger partial charge is 0.341 e. The minimum Gasteiger partial charge on any atom is -0.459 e. The fourth-order valence-corrected chi connectivity index (χ4v) is 1.19.